The highest BCUT2D eigenvalue weighted by atomic mass is 32.2. The van der Waals surface area contributed by atoms with Gasteiger partial charge in [0.25, 0.3) is 5.91 Å². The first-order chi connectivity index (χ1) is 13.6. The average molecular weight is 420 g/mol. The van der Waals surface area contributed by atoms with Gasteiger partial charge in [-0.25, -0.2) is 12.8 Å². The molecule has 0 aromatic heterocycles. The third-order valence-electron chi connectivity index (χ3n) is 4.68. The Balaban J connectivity index is 1.78. The number of nitrogens with one attached hydrogen (secondary N) is 2. The van der Waals surface area contributed by atoms with Gasteiger partial charge in [0.1, 0.15) is 11.6 Å². The van der Waals surface area contributed by atoms with Gasteiger partial charge in [-0.1, -0.05) is 0 Å². The number of amides is 2. The molecule has 0 bridgehead atoms. The summed E-state index contributed by atoms with van der Waals surface area (Å²) in [5, 5.41) is 4.25. The molecular formula is C20H21FN2O5S. The Morgan fingerprint density at radius 2 is 1.97 bits per heavy atom. The lowest BCUT2D eigenvalue weighted by atomic mass is 10.2. The summed E-state index contributed by atoms with van der Waals surface area (Å²) in [4.78, 5) is 23.8. The highest BCUT2D eigenvalue weighted by Crippen LogP contribution is 2.34. The van der Waals surface area contributed by atoms with Crippen LogP contribution >= 0.6 is 0 Å². The molecule has 7 nitrogen and oxygen atoms in total. The number of sulfone groups is 1. The summed E-state index contributed by atoms with van der Waals surface area (Å²) in [6.45, 7) is 4.52. The zero-order valence-electron chi connectivity index (χ0n) is 16.2. The lowest BCUT2D eigenvalue weighted by Crippen LogP contribution is -2.27. The molecule has 0 spiro atoms. The first-order valence-electron chi connectivity index (χ1n) is 8.95. The zero-order chi connectivity index (χ0) is 21.3. The number of hydrogen-bond donors (Lipinski definition) is 2. The van der Waals surface area contributed by atoms with Crippen molar-refractivity contribution in [2.75, 3.05) is 17.2 Å². The largest absolute Gasteiger partial charge is 0.482 e. The normalized spacial score (nSPS) is 14.4. The number of anilines is 2. The van der Waals surface area contributed by atoms with E-state index < -0.39 is 26.8 Å². The molecule has 2 aromatic carbocycles. The summed E-state index contributed by atoms with van der Waals surface area (Å²) in [6.07, 6.45) is -0.271. The van der Waals surface area contributed by atoms with Gasteiger partial charge < -0.3 is 15.4 Å². The molecule has 1 atom stereocenters. The molecule has 29 heavy (non-hydrogen) atoms. The zero-order valence-corrected chi connectivity index (χ0v) is 17.0. The fourth-order valence-corrected chi connectivity index (χ4v) is 4.66. The Morgan fingerprint density at radius 1 is 1.24 bits per heavy atom. The maximum atomic E-state index is 13.2. The standard InChI is InChI=1S/C20H21FN2O5S/c1-11-6-14(21)4-5-15(11)22-19(24)8-13(3)29(26,27)18-9-17-16(7-12(18)2)23-20(25)10-28-17/h4-7,9,13H,8,10H2,1-3H3,(H,22,24)(H,23,25). The van der Waals surface area contributed by atoms with Gasteiger partial charge in [0, 0.05) is 18.2 Å². The van der Waals surface area contributed by atoms with Crippen LogP contribution in [0.25, 0.3) is 0 Å². The van der Waals surface area contributed by atoms with Gasteiger partial charge in [-0.05, 0) is 56.2 Å². The van der Waals surface area contributed by atoms with Crippen molar-refractivity contribution in [3.05, 3.63) is 47.3 Å². The number of fused-ring (bicyclic) bond motifs is 1. The molecule has 0 saturated carbocycles. The minimum Gasteiger partial charge on any atom is -0.482 e. The molecule has 1 unspecified atom stereocenters. The SMILES string of the molecule is Cc1cc(F)ccc1NC(=O)CC(C)S(=O)(=O)c1cc2c(cc1C)NC(=O)CO2. The van der Waals surface area contributed by atoms with Crippen LogP contribution in [0.1, 0.15) is 24.5 Å². The molecule has 1 aliphatic rings. The predicted octanol–water partition coefficient (Wildman–Crippen LogP) is 2.96. The third kappa shape index (κ3) is 4.40. The van der Waals surface area contributed by atoms with Gasteiger partial charge in [-0.3, -0.25) is 9.59 Å². The predicted molar refractivity (Wildman–Crippen MR) is 106 cm³/mol. The van der Waals surface area contributed by atoms with Crippen LogP contribution in [-0.2, 0) is 19.4 Å². The quantitative estimate of drug-likeness (QED) is 0.774. The Bertz CT molecular complexity index is 1100. The van der Waals surface area contributed by atoms with Gasteiger partial charge in [-0.2, -0.15) is 0 Å². The Labute approximate surface area is 168 Å². The van der Waals surface area contributed by atoms with Crippen molar-refractivity contribution in [1.82, 2.24) is 0 Å². The number of carbonyl (C=O) groups excluding carboxylic acids is 2. The van der Waals surface area contributed by atoms with E-state index in [2.05, 4.69) is 10.6 Å². The van der Waals surface area contributed by atoms with Crippen molar-refractivity contribution in [3.8, 4) is 5.75 Å². The molecule has 2 N–H and O–H groups in total. The van der Waals surface area contributed by atoms with Crippen LogP contribution in [0, 0.1) is 19.7 Å². The molecular weight excluding hydrogens is 399 g/mol. The fourth-order valence-electron chi connectivity index (χ4n) is 3.08. The number of aryl methyl sites for hydroxylation is 2. The molecule has 0 aliphatic carbocycles. The van der Waals surface area contributed by atoms with E-state index in [4.69, 9.17) is 4.74 Å². The maximum Gasteiger partial charge on any atom is 0.262 e. The molecule has 2 amide bonds. The van der Waals surface area contributed by atoms with Crippen molar-refractivity contribution < 1.29 is 27.1 Å². The first kappa shape index (κ1) is 20.8. The summed E-state index contributed by atoms with van der Waals surface area (Å²) in [7, 11) is -3.83. The molecule has 9 heteroatoms. The van der Waals surface area contributed by atoms with E-state index in [1.54, 1.807) is 13.8 Å². The molecule has 0 fully saturated rings. The number of benzene rings is 2. The van der Waals surface area contributed by atoms with Gasteiger partial charge in [0.05, 0.1) is 15.8 Å². The molecule has 154 valence electrons. The number of halogens is 1. The van der Waals surface area contributed by atoms with E-state index in [9.17, 15) is 22.4 Å². The van der Waals surface area contributed by atoms with Crippen LogP contribution in [-0.4, -0.2) is 32.1 Å². The highest BCUT2D eigenvalue weighted by Gasteiger charge is 2.29. The Kier molecular flexibility index (Phi) is 5.61. The summed E-state index contributed by atoms with van der Waals surface area (Å²) >= 11 is 0. The summed E-state index contributed by atoms with van der Waals surface area (Å²) in [5.74, 6) is -0.950. The van der Waals surface area contributed by atoms with Crippen molar-refractivity contribution in [2.45, 2.75) is 37.3 Å². The molecule has 1 heterocycles. The van der Waals surface area contributed by atoms with Crippen molar-refractivity contribution in [3.63, 3.8) is 0 Å². The van der Waals surface area contributed by atoms with Crippen LogP contribution in [0.5, 0.6) is 5.75 Å². The first-order valence-corrected chi connectivity index (χ1v) is 10.5. The van der Waals surface area contributed by atoms with E-state index in [-0.39, 0.29) is 29.6 Å². The Morgan fingerprint density at radius 3 is 2.66 bits per heavy atom. The monoisotopic (exact) mass is 420 g/mol. The summed E-state index contributed by atoms with van der Waals surface area (Å²) in [6, 6.07) is 6.84. The Hall–Kier alpha value is -2.94. The topological polar surface area (TPSA) is 102 Å². The van der Waals surface area contributed by atoms with Gasteiger partial charge in [-0.15, -0.1) is 0 Å². The van der Waals surface area contributed by atoms with Crippen molar-refractivity contribution in [2.24, 2.45) is 0 Å². The smallest absolute Gasteiger partial charge is 0.262 e. The molecule has 2 aromatic rings. The third-order valence-corrected chi connectivity index (χ3v) is 6.96. The van der Waals surface area contributed by atoms with E-state index in [0.717, 1.165) is 0 Å². The lowest BCUT2D eigenvalue weighted by Gasteiger charge is -2.21. The van der Waals surface area contributed by atoms with E-state index in [0.29, 0.717) is 22.5 Å². The second-order valence-corrected chi connectivity index (χ2v) is 9.35. The van der Waals surface area contributed by atoms with Crippen LogP contribution in [0.2, 0.25) is 0 Å². The number of ether oxygens (including phenoxy) is 1. The number of carbonyl (C=O) groups is 2. The highest BCUT2D eigenvalue weighted by molar-refractivity contribution is 7.92. The minimum absolute atomic E-state index is 0.0469. The van der Waals surface area contributed by atoms with E-state index in [1.165, 1.54) is 37.3 Å². The summed E-state index contributed by atoms with van der Waals surface area (Å²) < 4.78 is 44.6. The average Bonchev–Trinajstić information content (AvgIpc) is 2.63. The number of rotatable bonds is 5. The van der Waals surface area contributed by atoms with Crippen LogP contribution in [0.3, 0.4) is 0 Å². The van der Waals surface area contributed by atoms with Crippen LogP contribution in [0.15, 0.2) is 35.2 Å². The minimum atomic E-state index is -3.83. The van der Waals surface area contributed by atoms with E-state index >= 15 is 0 Å². The second-order valence-electron chi connectivity index (χ2n) is 7.02. The van der Waals surface area contributed by atoms with Crippen LogP contribution in [0.4, 0.5) is 15.8 Å². The molecule has 0 radical (unpaired) electrons. The maximum absolute atomic E-state index is 13.2. The van der Waals surface area contributed by atoms with E-state index in [1.807, 2.05) is 0 Å². The number of hydrogen-bond acceptors (Lipinski definition) is 5. The van der Waals surface area contributed by atoms with Gasteiger partial charge in [0.15, 0.2) is 16.4 Å². The molecule has 1 aliphatic heterocycles. The summed E-state index contributed by atoms with van der Waals surface area (Å²) in [5.41, 5.74) is 1.82. The van der Waals surface area contributed by atoms with Gasteiger partial charge in [0.2, 0.25) is 5.91 Å². The van der Waals surface area contributed by atoms with Gasteiger partial charge >= 0.3 is 0 Å². The van der Waals surface area contributed by atoms with Crippen molar-refractivity contribution >= 4 is 33.0 Å². The van der Waals surface area contributed by atoms with Crippen LogP contribution < -0.4 is 15.4 Å². The molecule has 0 saturated heterocycles. The molecule has 3 rings (SSSR count). The second kappa shape index (κ2) is 7.82. The van der Waals surface area contributed by atoms with Crippen molar-refractivity contribution in [1.29, 1.82) is 0 Å². The lowest BCUT2D eigenvalue weighted by molar-refractivity contribution is -0.118. The fraction of sp³-hybridized carbons (Fsp3) is 0.300.